The van der Waals surface area contributed by atoms with Crippen LogP contribution in [0.15, 0.2) is 42.5 Å². The Balaban J connectivity index is 1.42. The van der Waals surface area contributed by atoms with Gasteiger partial charge >= 0.3 is 0 Å². The van der Waals surface area contributed by atoms with Gasteiger partial charge in [-0.25, -0.2) is 0 Å². The molecule has 2 aliphatic heterocycles. The van der Waals surface area contributed by atoms with Crippen LogP contribution in [0.1, 0.15) is 36.0 Å². The molecule has 1 spiro atoms. The molecule has 0 radical (unpaired) electrons. The first-order chi connectivity index (χ1) is 17.3. The number of rotatable bonds is 4. The minimum absolute atomic E-state index is 0.0113. The second kappa shape index (κ2) is 7.89. The molecule has 2 fully saturated rings. The number of hydrogen-bond acceptors (Lipinski definition) is 7. The number of likely N-dealkylation sites (tertiary alicyclic amines) is 1. The summed E-state index contributed by atoms with van der Waals surface area (Å²) in [5, 5.41) is 24.9. The number of hydrogen-bond donors (Lipinski definition) is 2. The van der Waals surface area contributed by atoms with Crippen molar-refractivity contribution < 1.29 is 24.4 Å². The van der Waals surface area contributed by atoms with Crippen molar-refractivity contribution >= 4 is 23.5 Å². The summed E-state index contributed by atoms with van der Waals surface area (Å²) in [5.74, 6) is -0.0178. The largest absolute Gasteiger partial charge is 0.504 e. The van der Waals surface area contributed by atoms with Crippen LogP contribution in [-0.2, 0) is 21.4 Å². The molecule has 9 heteroatoms. The number of likely N-dealkylation sites (N-methyl/N-ethyl adjacent to an activating group) is 1. The number of Topliss-reactive ketones (excluding diaryl/α,β-unsaturated/α-hetero) is 1. The van der Waals surface area contributed by atoms with Crippen LogP contribution in [0.2, 0.25) is 0 Å². The summed E-state index contributed by atoms with van der Waals surface area (Å²) in [6.07, 6.45) is 5.31. The molecule has 0 unspecified atom stereocenters. The second-order valence-electron chi connectivity index (χ2n) is 10.3. The van der Waals surface area contributed by atoms with Gasteiger partial charge in [0.25, 0.3) is 5.69 Å². The van der Waals surface area contributed by atoms with E-state index in [0.29, 0.717) is 37.0 Å². The molecule has 2 aliphatic carbocycles. The second-order valence-corrected chi connectivity index (χ2v) is 10.3. The number of piperidine rings is 1. The summed E-state index contributed by atoms with van der Waals surface area (Å²) in [6, 6.07) is 9.57. The number of nitro groups is 1. The zero-order valence-corrected chi connectivity index (χ0v) is 19.9. The van der Waals surface area contributed by atoms with E-state index in [2.05, 4.69) is 17.3 Å². The number of carbonyl (C=O) groups is 2. The van der Waals surface area contributed by atoms with Crippen LogP contribution in [0.5, 0.6) is 11.5 Å². The average Bonchev–Trinajstić information content (AvgIpc) is 2.86. The highest BCUT2D eigenvalue weighted by Gasteiger charge is 2.71. The molecular formula is C27H27N3O6. The Morgan fingerprint density at radius 2 is 2.03 bits per heavy atom. The quantitative estimate of drug-likeness (QED) is 0.385. The normalized spacial score (nSPS) is 30.4. The van der Waals surface area contributed by atoms with Crippen LogP contribution >= 0.6 is 0 Å². The van der Waals surface area contributed by atoms with Crippen LogP contribution in [-0.4, -0.2) is 58.4 Å². The van der Waals surface area contributed by atoms with Gasteiger partial charge in [-0.2, -0.15) is 0 Å². The van der Waals surface area contributed by atoms with Gasteiger partial charge in [-0.1, -0.05) is 6.07 Å². The molecule has 2 bridgehead atoms. The molecule has 4 atom stereocenters. The number of benzene rings is 2. The molecule has 6 rings (SSSR count). The molecule has 4 aliphatic rings. The molecule has 1 saturated heterocycles. The number of carbonyl (C=O) groups excluding carboxylic acids is 2. The van der Waals surface area contributed by atoms with Crippen molar-refractivity contribution in [3.05, 3.63) is 69.3 Å². The Labute approximate surface area is 207 Å². The lowest BCUT2D eigenvalue weighted by Crippen LogP contribution is -2.81. The molecule has 2 heterocycles. The minimum atomic E-state index is -0.700. The molecule has 1 amide bonds. The zero-order chi connectivity index (χ0) is 25.2. The van der Waals surface area contributed by atoms with Gasteiger partial charge in [0, 0.05) is 41.6 Å². The van der Waals surface area contributed by atoms with Gasteiger partial charge in [0.2, 0.25) is 5.91 Å². The van der Waals surface area contributed by atoms with Crippen LogP contribution in [0, 0.1) is 16.0 Å². The number of nitrogens with one attached hydrogen (secondary N) is 1. The number of aromatic hydroxyl groups is 1. The maximum atomic E-state index is 13.4. The molecule has 9 nitrogen and oxygen atoms in total. The smallest absolute Gasteiger partial charge is 0.269 e. The lowest BCUT2D eigenvalue weighted by Gasteiger charge is -2.68. The van der Waals surface area contributed by atoms with Crippen molar-refractivity contribution in [1.29, 1.82) is 0 Å². The third-order valence-corrected chi connectivity index (χ3v) is 8.86. The van der Waals surface area contributed by atoms with E-state index in [0.717, 1.165) is 17.7 Å². The molecule has 186 valence electrons. The number of phenolic OH excluding ortho intramolecular Hbond substituents is 1. The standard InChI is InChI=1S/C27H27N3O6/c1-29-13-12-26-19-15-36-25-21(32)8-5-17(24(25)26)14-22(29)27(26,11-10-20(19)31)28-23(33)9-4-16-2-6-18(7-3-16)30(34)35/h2-9,19,22,32H,10-15H2,1H3,(H,28,33)/b9-4+/t19-,22+,26+,27+/m0/s1. The Kier molecular flexibility index (Phi) is 4.98. The van der Waals surface area contributed by atoms with E-state index < -0.39 is 21.8 Å². The highest BCUT2D eigenvalue weighted by Crippen LogP contribution is 2.64. The van der Waals surface area contributed by atoms with Crippen molar-refractivity contribution in [3.63, 3.8) is 0 Å². The first-order valence-electron chi connectivity index (χ1n) is 12.2. The Morgan fingerprint density at radius 3 is 2.78 bits per heavy atom. The first-order valence-corrected chi connectivity index (χ1v) is 12.2. The summed E-state index contributed by atoms with van der Waals surface area (Å²) < 4.78 is 5.99. The van der Waals surface area contributed by atoms with Crippen LogP contribution < -0.4 is 10.1 Å². The van der Waals surface area contributed by atoms with E-state index in [-0.39, 0.29) is 35.8 Å². The Hall–Kier alpha value is -3.72. The van der Waals surface area contributed by atoms with E-state index in [4.69, 9.17) is 4.74 Å². The van der Waals surface area contributed by atoms with Crippen LogP contribution in [0.25, 0.3) is 6.08 Å². The molecule has 0 aromatic heterocycles. The molecule has 2 aromatic carbocycles. The lowest BCUT2D eigenvalue weighted by molar-refractivity contribution is -0.384. The number of nitrogens with zero attached hydrogens (tertiary/aromatic N) is 2. The maximum Gasteiger partial charge on any atom is 0.269 e. The van der Waals surface area contributed by atoms with Crippen molar-refractivity contribution in [2.45, 2.75) is 42.7 Å². The van der Waals surface area contributed by atoms with E-state index in [1.807, 2.05) is 6.07 Å². The SMILES string of the molecule is CN1CC[C@]23c4c5ccc(O)c4OC[C@H]2C(=O)CC[C@@]3(NC(=O)/C=C/c2ccc([N+](=O)[O-])cc2)[C@H]1C5. The number of amides is 1. The number of non-ortho nitro benzene ring substituents is 1. The van der Waals surface area contributed by atoms with E-state index in [1.54, 1.807) is 24.3 Å². The monoisotopic (exact) mass is 489 g/mol. The summed E-state index contributed by atoms with van der Waals surface area (Å²) in [5.41, 5.74) is 1.25. The third-order valence-electron chi connectivity index (χ3n) is 8.86. The van der Waals surface area contributed by atoms with Crippen molar-refractivity contribution in [3.8, 4) is 11.5 Å². The minimum Gasteiger partial charge on any atom is -0.504 e. The number of phenols is 1. The number of ketones is 1. The van der Waals surface area contributed by atoms with Gasteiger partial charge in [0.15, 0.2) is 11.5 Å². The van der Waals surface area contributed by atoms with E-state index in [9.17, 15) is 24.8 Å². The van der Waals surface area contributed by atoms with Gasteiger partial charge in [0.1, 0.15) is 5.78 Å². The summed E-state index contributed by atoms with van der Waals surface area (Å²) in [6.45, 7) is 0.967. The predicted octanol–water partition coefficient (Wildman–Crippen LogP) is 2.74. The third kappa shape index (κ3) is 2.98. The molecular weight excluding hydrogens is 462 g/mol. The Morgan fingerprint density at radius 1 is 1.25 bits per heavy atom. The van der Waals surface area contributed by atoms with Crippen molar-refractivity contribution in [1.82, 2.24) is 10.2 Å². The van der Waals surface area contributed by atoms with E-state index >= 15 is 0 Å². The summed E-state index contributed by atoms with van der Waals surface area (Å²) in [4.78, 5) is 39.4. The van der Waals surface area contributed by atoms with Gasteiger partial charge < -0.3 is 20.1 Å². The summed E-state index contributed by atoms with van der Waals surface area (Å²) >= 11 is 0. The van der Waals surface area contributed by atoms with E-state index in [1.165, 1.54) is 18.2 Å². The van der Waals surface area contributed by atoms with Crippen molar-refractivity contribution in [2.75, 3.05) is 20.2 Å². The maximum absolute atomic E-state index is 13.4. The molecule has 2 N–H and O–H groups in total. The molecule has 2 aromatic rings. The van der Waals surface area contributed by atoms with Crippen molar-refractivity contribution in [2.24, 2.45) is 5.92 Å². The predicted molar refractivity (Wildman–Crippen MR) is 131 cm³/mol. The molecule has 36 heavy (non-hydrogen) atoms. The lowest BCUT2D eigenvalue weighted by atomic mass is 9.43. The fraction of sp³-hybridized carbons (Fsp3) is 0.407. The number of nitro benzene ring substituents is 1. The highest BCUT2D eigenvalue weighted by molar-refractivity contribution is 5.94. The van der Waals surface area contributed by atoms with Gasteiger partial charge in [-0.15, -0.1) is 0 Å². The molecule has 1 saturated carbocycles. The fourth-order valence-corrected chi connectivity index (χ4v) is 7.33. The van der Waals surface area contributed by atoms with Gasteiger partial charge in [-0.3, -0.25) is 19.7 Å². The van der Waals surface area contributed by atoms with Crippen LogP contribution in [0.3, 0.4) is 0 Å². The first kappa shape index (κ1) is 22.7. The van der Waals surface area contributed by atoms with Gasteiger partial charge in [0.05, 0.1) is 23.0 Å². The zero-order valence-electron chi connectivity index (χ0n) is 19.9. The average molecular weight is 490 g/mol. The summed E-state index contributed by atoms with van der Waals surface area (Å²) in [7, 11) is 2.06. The fourth-order valence-electron chi connectivity index (χ4n) is 7.33. The number of ether oxygens (including phenoxy) is 1. The highest BCUT2D eigenvalue weighted by atomic mass is 16.6. The van der Waals surface area contributed by atoms with Crippen LogP contribution in [0.4, 0.5) is 5.69 Å². The Bertz CT molecular complexity index is 1320. The van der Waals surface area contributed by atoms with Gasteiger partial charge in [-0.05, 0) is 68.3 Å². The topological polar surface area (TPSA) is 122 Å².